The summed E-state index contributed by atoms with van der Waals surface area (Å²) in [7, 11) is 4.42. The minimum Gasteiger partial charge on any atom is -0.369 e. The normalized spacial score (nSPS) is 20.5. The number of likely N-dealkylation sites (tertiary alicyclic amines) is 1. The van der Waals surface area contributed by atoms with Gasteiger partial charge in [-0.15, -0.1) is 0 Å². The number of hydrogen-bond acceptors (Lipinski definition) is 4. The Morgan fingerprint density at radius 3 is 3.11 bits per heavy atom. The molecule has 1 aromatic rings. The minimum atomic E-state index is 0.600. The van der Waals surface area contributed by atoms with E-state index in [-0.39, 0.29) is 0 Å². The number of hydrogen-bond donors (Lipinski definition) is 1. The molecular weight excluding hydrogens is 236 g/mol. The van der Waals surface area contributed by atoms with Gasteiger partial charge in [0.25, 0.3) is 0 Å². The monoisotopic (exact) mass is 262 g/mol. The van der Waals surface area contributed by atoms with Gasteiger partial charge in [-0.3, -0.25) is 4.98 Å². The molecule has 1 aliphatic rings. The summed E-state index contributed by atoms with van der Waals surface area (Å²) in [5, 5.41) is 3.41. The third-order valence-corrected chi connectivity index (χ3v) is 3.98. The van der Waals surface area contributed by atoms with E-state index in [0.717, 1.165) is 19.6 Å². The Morgan fingerprint density at radius 1 is 1.53 bits per heavy atom. The number of nitrogens with one attached hydrogen (secondary N) is 1. The first-order chi connectivity index (χ1) is 9.22. The third-order valence-electron chi connectivity index (χ3n) is 3.98. The number of piperidine rings is 1. The van der Waals surface area contributed by atoms with Crippen LogP contribution in [0.5, 0.6) is 0 Å². The number of anilines is 1. The van der Waals surface area contributed by atoms with Gasteiger partial charge in [-0.05, 0) is 44.6 Å². The Hall–Kier alpha value is -1.13. The summed E-state index contributed by atoms with van der Waals surface area (Å²) in [6, 6.07) is 2.73. The molecule has 2 rings (SSSR count). The standard InChI is InChI=1S/C15H26N4/c1-4-16-10-13-7-8-17-11-15(13)19(3)14-6-5-9-18(2)12-14/h7-8,11,14,16H,4-6,9-10,12H2,1-3H3. The Bertz CT molecular complexity index is 393. The second kappa shape index (κ2) is 6.87. The van der Waals surface area contributed by atoms with Crippen LogP contribution < -0.4 is 10.2 Å². The van der Waals surface area contributed by atoms with E-state index >= 15 is 0 Å². The molecule has 2 heterocycles. The average molecular weight is 262 g/mol. The summed E-state index contributed by atoms with van der Waals surface area (Å²) in [6.07, 6.45) is 6.45. The van der Waals surface area contributed by atoms with Crippen LogP contribution in [-0.2, 0) is 6.54 Å². The number of rotatable bonds is 5. The van der Waals surface area contributed by atoms with Crippen molar-refractivity contribution in [3.8, 4) is 0 Å². The fourth-order valence-electron chi connectivity index (χ4n) is 2.79. The smallest absolute Gasteiger partial charge is 0.0598 e. The van der Waals surface area contributed by atoms with Crippen molar-refractivity contribution in [1.29, 1.82) is 0 Å². The van der Waals surface area contributed by atoms with Gasteiger partial charge >= 0.3 is 0 Å². The molecule has 1 unspecified atom stereocenters. The lowest BCUT2D eigenvalue weighted by Gasteiger charge is -2.37. The van der Waals surface area contributed by atoms with Gasteiger partial charge in [-0.1, -0.05) is 6.92 Å². The van der Waals surface area contributed by atoms with Gasteiger partial charge in [0.2, 0.25) is 0 Å². The molecule has 1 fully saturated rings. The molecule has 106 valence electrons. The molecule has 1 N–H and O–H groups in total. The van der Waals surface area contributed by atoms with E-state index in [1.165, 1.54) is 30.6 Å². The van der Waals surface area contributed by atoms with E-state index in [2.05, 4.69) is 47.2 Å². The second-order valence-corrected chi connectivity index (χ2v) is 5.45. The predicted octanol–water partition coefficient (Wildman–Crippen LogP) is 1.72. The van der Waals surface area contributed by atoms with Gasteiger partial charge in [-0.2, -0.15) is 0 Å². The lowest BCUT2D eigenvalue weighted by molar-refractivity contribution is 0.248. The Balaban J connectivity index is 2.11. The van der Waals surface area contributed by atoms with Gasteiger partial charge in [0.1, 0.15) is 0 Å². The van der Waals surface area contributed by atoms with Crippen LogP contribution in [0.25, 0.3) is 0 Å². The average Bonchev–Trinajstić information content (AvgIpc) is 2.44. The van der Waals surface area contributed by atoms with Crippen LogP contribution in [0.4, 0.5) is 5.69 Å². The highest BCUT2D eigenvalue weighted by molar-refractivity contribution is 5.52. The molecular formula is C15H26N4. The topological polar surface area (TPSA) is 31.4 Å². The molecule has 1 aliphatic heterocycles. The van der Waals surface area contributed by atoms with Crippen molar-refractivity contribution >= 4 is 5.69 Å². The van der Waals surface area contributed by atoms with Crippen LogP contribution in [0.1, 0.15) is 25.3 Å². The second-order valence-electron chi connectivity index (χ2n) is 5.45. The van der Waals surface area contributed by atoms with Crippen LogP contribution in [0.15, 0.2) is 18.5 Å². The van der Waals surface area contributed by atoms with E-state index in [9.17, 15) is 0 Å². The zero-order chi connectivity index (χ0) is 13.7. The molecule has 0 aliphatic carbocycles. The van der Waals surface area contributed by atoms with E-state index < -0.39 is 0 Å². The first-order valence-electron chi connectivity index (χ1n) is 7.27. The van der Waals surface area contributed by atoms with E-state index in [1.807, 2.05) is 12.4 Å². The third kappa shape index (κ3) is 3.67. The largest absolute Gasteiger partial charge is 0.369 e. The maximum atomic E-state index is 4.31. The van der Waals surface area contributed by atoms with Gasteiger partial charge in [0.05, 0.1) is 11.9 Å². The first kappa shape index (κ1) is 14.3. The molecule has 1 atom stereocenters. The van der Waals surface area contributed by atoms with E-state index in [1.54, 1.807) is 0 Å². The summed E-state index contributed by atoms with van der Waals surface area (Å²) in [5.41, 5.74) is 2.61. The van der Waals surface area contributed by atoms with Crippen molar-refractivity contribution in [2.75, 3.05) is 38.6 Å². The molecule has 4 heteroatoms. The zero-order valence-corrected chi connectivity index (χ0v) is 12.4. The maximum Gasteiger partial charge on any atom is 0.0598 e. The van der Waals surface area contributed by atoms with Crippen LogP contribution in [0.3, 0.4) is 0 Å². The highest BCUT2D eigenvalue weighted by Gasteiger charge is 2.22. The molecule has 1 saturated heterocycles. The summed E-state index contributed by atoms with van der Waals surface area (Å²) >= 11 is 0. The van der Waals surface area contributed by atoms with E-state index in [0.29, 0.717) is 6.04 Å². The SMILES string of the molecule is CCNCc1ccncc1N(C)C1CCCN(C)C1. The van der Waals surface area contributed by atoms with Gasteiger partial charge in [0.15, 0.2) is 0 Å². The van der Waals surface area contributed by atoms with Gasteiger partial charge < -0.3 is 15.1 Å². The van der Waals surface area contributed by atoms with Crippen LogP contribution >= 0.6 is 0 Å². The van der Waals surface area contributed by atoms with Gasteiger partial charge in [0, 0.05) is 32.4 Å². The van der Waals surface area contributed by atoms with Gasteiger partial charge in [-0.25, -0.2) is 0 Å². The number of nitrogens with zero attached hydrogens (tertiary/aromatic N) is 3. The molecule has 19 heavy (non-hydrogen) atoms. The Kier molecular flexibility index (Phi) is 5.16. The van der Waals surface area contributed by atoms with Crippen molar-refractivity contribution in [3.63, 3.8) is 0 Å². The number of aromatic nitrogens is 1. The number of pyridine rings is 1. The summed E-state index contributed by atoms with van der Waals surface area (Å²) in [4.78, 5) is 9.14. The molecule has 4 nitrogen and oxygen atoms in total. The molecule has 1 aromatic heterocycles. The zero-order valence-electron chi connectivity index (χ0n) is 12.4. The Labute approximate surface area is 116 Å². The maximum absolute atomic E-state index is 4.31. The van der Waals surface area contributed by atoms with E-state index in [4.69, 9.17) is 0 Å². The quantitative estimate of drug-likeness (QED) is 0.875. The summed E-state index contributed by atoms with van der Waals surface area (Å²) < 4.78 is 0. The van der Waals surface area contributed by atoms with Crippen LogP contribution in [0.2, 0.25) is 0 Å². The van der Waals surface area contributed by atoms with Crippen LogP contribution in [-0.4, -0.2) is 49.7 Å². The van der Waals surface area contributed by atoms with Crippen molar-refractivity contribution in [3.05, 3.63) is 24.0 Å². The fourth-order valence-corrected chi connectivity index (χ4v) is 2.79. The van der Waals surface area contributed by atoms with Crippen LogP contribution in [0, 0.1) is 0 Å². The number of likely N-dealkylation sites (N-methyl/N-ethyl adjacent to an activating group) is 2. The summed E-state index contributed by atoms with van der Waals surface area (Å²) in [6.45, 7) is 6.42. The molecule has 0 bridgehead atoms. The van der Waals surface area contributed by atoms with Crippen molar-refractivity contribution in [2.24, 2.45) is 0 Å². The fraction of sp³-hybridized carbons (Fsp3) is 0.667. The van der Waals surface area contributed by atoms with Crippen molar-refractivity contribution in [1.82, 2.24) is 15.2 Å². The van der Waals surface area contributed by atoms with Crippen molar-refractivity contribution in [2.45, 2.75) is 32.4 Å². The Morgan fingerprint density at radius 2 is 2.37 bits per heavy atom. The summed E-state index contributed by atoms with van der Waals surface area (Å²) in [5.74, 6) is 0. The molecule has 0 spiro atoms. The molecule has 0 saturated carbocycles. The van der Waals surface area contributed by atoms with Crippen molar-refractivity contribution < 1.29 is 0 Å². The first-order valence-corrected chi connectivity index (χ1v) is 7.27. The lowest BCUT2D eigenvalue weighted by atomic mass is 10.0. The highest BCUT2D eigenvalue weighted by Crippen LogP contribution is 2.23. The minimum absolute atomic E-state index is 0.600. The highest BCUT2D eigenvalue weighted by atomic mass is 15.2. The molecule has 0 aromatic carbocycles. The lowest BCUT2D eigenvalue weighted by Crippen LogP contribution is -2.45. The predicted molar refractivity (Wildman–Crippen MR) is 80.5 cm³/mol. The molecule has 0 radical (unpaired) electrons. The molecule has 0 amide bonds.